The molecular weight excluding hydrogens is 384 g/mol. The Morgan fingerprint density at radius 2 is 1.83 bits per heavy atom. The van der Waals surface area contributed by atoms with Gasteiger partial charge in [-0.1, -0.05) is 61.3 Å². The second-order valence-corrected chi connectivity index (χ2v) is 7.53. The summed E-state index contributed by atoms with van der Waals surface area (Å²) in [5.41, 5.74) is 11.1. The van der Waals surface area contributed by atoms with Gasteiger partial charge in [0.1, 0.15) is 5.75 Å². The lowest BCUT2D eigenvalue weighted by Crippen LogP contribution is -2.14. The van der Waals surface area contributed by atoms with Gasteiger partial charge < -0.3 is 15.0 Å². The fraction of sp³-hybridized carbons (Fsp3) is 0.292. The van der Waals surface area contributed by atoms with Crippen molar-refractivity contribution in [2.45, 2.75) is 39.7 Å². The molecule has 1 amide bonds. The Kier molecular flexibility index (Phi) is 6.65. The molecular formula is C24H27ClN2O2. The van der Waals surface area contributed by atoms with E-state index in [9.17, 15) is 4.79 Å². The number of rotatable bonds is 8. The van der Waals surface area contributed by atoms with E-state index in [1.54, 1.807) is 7.11 Å². The quantitative estimate of drug-likeness (QED) is 0.524. The van der Waals surface area contributed by atoms with Gasteiger partial charge in [-0.05, 0) is 31.9 Å². The smallest absolute Gasteiger partial charge is 0.251 e. The molecule has 0 saturated heterocycles. The standard InChI is InChI=1S/C24H27ClN2O2/c1-4-5-13-20-23(18-11-7-8-12-19(18)25)22(24(26)28)16(2)27(20)15-17-10-6-9-14-21(17)29-3/h6-12,14H,4-5,13,15H2,1-3H3,(H2,26,28). The molecule has 1 aromatic heterocycles. The number of nitrogens with zero attached hydrogens (tertiary/aromatic N) is 1. The van der Waals surface area contributed by atoms with Crippen molar-refractivity contribution in [2.24, 2.45) is 5.73 Å². The molecule has 152 valence electrons. The first-order chi connectivity index (χ1) is 14.0. The second kappa shape index (κ2) is 9.19. The molecule has 3 aromatic rings. The summed E-state index contributed by atoms with van der Waals surface area (Å²) in [7, 11) is 1.67. The van der Waals surface area contributed by atoms with E-state index >= 15 is 0 Å². The van der Waals surface area contributed by atoms with Crippen molar-refractivity contribution in [2.75, 3.05) is 7.11 Å². The van der Waals surface area contributed by atoms with Crippen LogP contribution in [0.3, 0.4) is 0 Å². The second-order valence-electron chi connectivity index (χ2n) is 7.13. The molecule has 29 heavy (non-hydrogen) atoms. The van der Waals surface area contributed by atoms with Crippen LogP contribution in [0.5, 0.6) is 5.75 Å². The first-order valence-corrected chi connectivity index (χ1v) is 10.3. The number of halogens is 1. The van der Waals surface area contributed by atoms with Crippen LogP contribution in [0.25, 0.3) is 11.1 Å². The first kappa shape index (κ1) is 21.0. The Hall–Kier alpha value is -2.72. The molecule has 2 N–H and O–H groups in total. The number of methoxy groups -OCH3 is 1. The third kappa shape index (κ3) is 4.18. The van der Waals surface area contributed by atoms with E-state index in [1.165, 1.54) is 0 Å². The van der Waals surface area contributed by atoms with Crippen molar-refractivity contribution in [1.29, 1.82) is 0 Å². The zero-order chi connectivity index (χ0) is 21.0. The molecule has 5 heteroatoms. The molecule has 0 spiro atoms. The van der Waals surface area contributed by atoms with E-state index in [0.29, 0.717) is 17.1 Å². The fourth-order valence-electron chi connectivity index (χ4n) is 3.88. The molecule has 0 atom stereocenters. The van der Waals surface area contributed by atoms with Crippen molar-refractivity contribution in [3.8, 4) is 16.9 Å². The van der Waals surface area contributed by atoms with Gasteiger partial charge in [-0.15, -0.1) is 0 Å². The summed E-state index contributed by atoms with van der Waals surface area (Å²) in [6.45, 7) is 4.70. The minimum absolute atomic E-state index is 0.436. The number of para-hydroxylation sites is 1. The number of aromatic nitrogens is 1. The first-order valence-electron chi connectivity index (χ1n) is 9.88. The van der Waals surface area contributed by atoms with E-state index in [0.717, 1.165) is 53.1 Å². The van der Waals surface area contributed by atoms with Gasteiger partial charge in [0.25, 0.3) is 5.91 Å². The predicted molar refractivity (Wildman–Crippen MR) is 119 cm³/mol. The SMILES string of the molecule is CCCCc1c(-c2ccccc2Cl)c(C(N)=O)c(C)n1Cc1ccccc1OC. The molecule has 0 fully saturated rings. The van der Waals surface area contributed by atoms with Crippen LogP contribution in [-0.2, 0) is 13.0 Å². The lowest BCUT2D eigenvalue weighted by Gasteiger charge is -2.15. The van der Waals surface area contributed by atoms with Gasteiger partial charge in [-0.2, -0.15) is 0 Å². The number of unbranched alkanes of at least 4 members (excludes halogenated alkanes) is 1. The molecule has 2 aromatic carbocycles. The highest BCUT2D eigenvalue weighted by Crippen LogP contribution is 2.38. The van der Waals surface area contributed by atoms with Crippen LogP contribution in [0.15, 0.2) is 48.5 Å². The molecule has 0 saturated carbocycles. The number of hydrogen-bond acceptors (Lipinski definition) is 2. The summed E-state index contributed by atoms with van der Waals surface area (Å²) in [6.07, 6.45) is 2.89. The van der Waals surface area contributed by atoms with E-state index in [-0.39, 0.29) is 0 Å². The summed E-state index contributed by atoms with van der Waals surface area (Å²) >= 11 is 6.53. The normalized spacial score (nSPS) is 10.9. The number of hydrogen-bond donors (Lipinski definition) is 1. The van der Waals surface area contributed by atoms with E-state index in [4.69, 9.17) is 22.1 Å². The number of carbonyl (C=O) groups is 1. The number of ether oxygens (including phenoxy) is 1. The Balaban J connectivity index is 2.26. The van der Waals surface area contributed by atoms with Gasteiger partial charge in [0.15, 0.2) is 0 Å². The van der Waals surface area contributed by atoms with Crippen molar-refractivity contribution >= 4 is 17.5 Å². The van der Waals surface area contributed by atoms with Crippen LogP contribution < -0.4 is 10.5 Å². The Morgan fingerprint density at radius 3 is 2.48 bits per heavy atom. The summed E-state index contributed by atoms with van der Waals surface area (Å²) in [4.78, 5) is 12.5. The van der Waals surface area contributed by atoms with E-state index in [2.05, 4.69) is 11.5 Å². The number of primary amides is 1. The maximum absolute atomic E-state index is 12.5. The maximum Gasteiger partial charge on any atom is 0.251 e. The molecule has 1 heterocycles. The summed E-state index contributed by atoms with van der Waals surface area (Å²) in [5.74, 6) is 0.385. The molecule has 0 aliphatic rings. The average Bonchev–Trinajstić information content (AvgIpc) is 2.98. The summed E-state index contributed by atoms with van der Waals surface area (Å²) in [5, 5.41) is 0.613. The van der Waals surface area contributed by atoms with Gasteiger partial charge in [-0.25, -0.2) is 0 Å². The Morgan fingerprint density at radius 1 is 1.14 bits per heavy atom. The van der Waals surface area contributed by atoms with Crippen LogP contribution in [0.1, 0.15) is 47.1 Å². The minimum Gasteiger partial charge on any atom is -0.496 e. The minimum atomic E-state index is -0.436. The highest BCUT2D eigenvalue weighted by Gasteiger charge is 2.26. The van der Waals surface area contributed by atoms with Crippen LogP contribution in [0.2, 0.25) is 5.02 Å². The number of carbonyl (C=O) groups excluding carboxylic acids is 1. The van der Waals surface area contributed by atoms with Crippen LogP contribution in [0, 0.1) is 6.92 Å². The lowest BCUT2D eigenvalue weighted by atomic mass is 9.97. The van der Waals surface area contributed by atoms with Gasteiger partial charge in [-0.3, -0.25) is 4.79 Å². The van der Waals surface area contributed by atoms with Crippen LogP contribution in [-0.4, -0.2) is 17.6 Å². The molecule has 3 rings (SSSR count). The highest BCUT2D eigenvalue weighted by molar-refractivity contribution is 6.33. The maximum atomic E-state index is 12.5. The van der Waals surface area contributed by atoms with Gasteiger partial charge in [0.2, 0.25) is 0 Å². The van der Waals surface area contributed by atoms with E-state index in [1.807, 2.05) is 55.5 Å². The molecule has 0 aliphatic carbocycles. The fourth-order valence-corrected chi connectivity index (χ4v) is 4.11. The number of benzene rings is 2. The zero-order valence-electron chi connectivity index (χ0n) is 17.2. The summed E-state index contributed by atoms with van der Waals surface area (Å²) < 4.78 is 7.73. The summed E-state index contributed by atoms with van der Waals surface area (Å²) in [6, 6.07) is 15.6. The molecule has 0 aliphatic heterocycles. The lowest BCUT2D eigenvalue weighted by molar-refractivity contribution is 0.1000. The molecule has 0 unspecified atom stereocenters. The largest absolute Gasteiger partial charge is 0.496 e. The molecule has 4 nitrogen and oxygen atoms in total. The van der Waals surface area contributed by atoms with Crippen molar-refractivity contribution in [3.05, 3.63) is 76.1 Å². The number of nitrogens with two attached hydrogens (primary N) is 1. The Bertz CT molecular complexity index is 1020. The molecule has 0 bridgehead atoms. The van der Waals surface area contributed by atoms with E-state index < -0.39 is 5.91 Å². The van der Waals surface area contributed by atoms with Gasteiger partial charge in [0, 0.05) is 33.1 Å². The van der Waals surface area contributed by atoms with Crippen molar-refractivity contribution in [3.63, 3.8) is 0 Å². The van der Waals surface area contributed by atoms with Crippen LogP contribution in [0.4, 0.5) is 0 Å². The highest BCUT2D eigenvalue weighted by atomic mass is 35.5. The predicted octanol–water partition coefficient (Wildman–Crippen LogP) is 5.62. The zero-order valence-corrected chi connectivity index (χ0v) is 17.9. The van der Waals surface area contributed by atoms with Crippen LogP contribution >= 0.6 is 11.6 Å². The third-order valence-corrected chi connectivity index (χ3v) is 5.64. The van der Waals surface area contributed by atoms with Gasteiger partial charge in [0.05, 0.1) is 19.2 Å². The van der Waals surface area contributed by atoms with Crippen molar-refractivity contribution < 1.29 is 9.53 Å². The third-order valence-electron chi connectivity index (χ3n) is 5.31. The van der Waals surface area contributed by atoms with Gasteiger partial charge >= 0.3 is 0 Å². The molecule has 0 radical (unpaired) electrons. The Labute approximate surface area is 177 Å². The topological polar surface area (TPSA) is 57.2 Å². The average molecular weight is 411 g/mol. The number of amides is 1. The monoisotopic (exact) mass is 410 g/mol. The van der Waals surface area contributed by atoms with Crippen molar-refractivity contribution in [1.82, 2.24) is 4.57 Å².